The molecule has 1 aliphatic heterocycles. The highest BCUT2D eigenvalue weighted by Crippen LogP contribution is 2.34. The molecule has 0 N–H and O–H groups in total. The van der Waals surface area contributed by atoms with E-state index in [1.165, 1.54) is 7.11 Å². The summed E-state index contributed by atoms with van der Waals surface area (Å²) in [6, 6.07) is 9.81. The number of nitrogens with zero attached hydrogens (tertiary/aromatic N) is 1. The minimum absolute atomic E-state index is 0.258. The molecule has 0 atom stereocenters. The first-order chi connectivity index (χ1) is 8.76. The van der Waals surface area contributed by atoms with E-state index in [0.717, 1.165) is 16.5 Å². The fraction of sp³-hybridized carbons (Fsp3) is 0.286. The van der Waals surface area contributed by atoms with Gasteiger partial charge in [-0.15, -0.1) is 0 Å². The molecule has 2 heterocycles. The lowest BCUT2D eigenvalue weighted by molar-refractivity contribution is -0.166. The van der Waals surface area contributed by atoms with Gasteiger partial charge in [-0.1, -0.05) is 18.2 Å². The summed E-state index contributed by atoms with van der Waals surface area (Å²) < 4.78 is 10.1. The van der Waals surface area contributed by atoms with Crippen LogP contribution in [0, 0.1) is 0 Å². The maximum Gasteiger partial charge on any atom is 0.321 e. The van der Waals surface area contributed by atoms with E-state index in [2.05, 4.69) is 4.98 Å². The summed E-state index contributed by atoms with van der Waals surface area (Å²) in [5.74, 6) is -0.258. The molecule has 1 aliphatic rings. The van der Waals surface area contributed by atoms with Crippen LogP contribution in [0.4, 0.5) is 0 Å². The van der Waals surface area contributed by atoms with Crippen LogP contribution < -0.4 is 0 Å². The maximum atomic E-state index is 11.9. The van der Waals surface area contributed by atoms with Crippen molar-refractivity contribution >= 4 is 16.9 Å². The zero-order valence-electron chi connectivity index (χ0n) is 10.1. The second-order valence-electron chi connectivity index (χ2n) is 4.48. The SMILES string of the molecule is COC(=O)C1(c2cnc3ccccc3c2)COC1. The monoisotopic (exact) mass is 243 g/mol. The van der Waals surface area contributed by atoms with Gasteiger partial charge in [0.2, 0.25) is 0 Å². The minimum Gasteiger partial charge on any atom is -0.468 e. The third-order valence-electron chi connectivity index (χ3n) is 3.42. The number of fused-ring (bicyclic) bond motifs is 1. The molecule has 0 radical (unpaired) electrons. The maximum absolute atomic E-state index is 11.9. The lowest BCUT2D eigenvalue weighted by Gasteiger charge is -2.38. The molecule has 4 nitrogen and oxygen atoms in total. The Morgan fingerprint density at radius 1 is 1.39 bits per heavy atom. The van der Waals surface area contributed by atoms with E-state index in [4.69, 9.17) is 9.47 Å². The Balaban J connectivity index is 2.10. The summed E-state index contributed by atoms with van der Waals surface area (Å²) in [4.78, 5) is 16.3. The average molecular weight is 243 g/mol. The van der Waals surface area contributed by atoms with Crippen LogP contribution in [0.5, 0.6) is 0 Å². The van der Waals surface area contributed by atoms with Gasteiger partial charge < -0.3 is 9.47 Å². The topological polar surface area (TPSA) is 48.4 Å². The van der Waals surface area contributed by atoms with Crippen molar-refractivity contribution in [2.75, 3.05) is 20.3 Å². The van der Waals surface area contributed by atoms with Crippen LogP contribution in [0.15, 0.2) is 36.5 Å². The first kappa shape index (κ1) is 11.2. The normalized spacial score (nSPS) is 17.2. The highest BCUT2D eigenvalue weighted by molar-refractivity contribution is 5.87. The van der Waals surface area contributed by atoms with Crippen molar-refractivity contribution in [1.82, 2.24) is 4.98 Å². The fourth-order valence-corrected chi connectivity index (χ4v) is 2.24. The van der Waals surface area contributed by atoms with Crippen LogP contribution in [0.25, 0.3) is 10.9 Å². The molecule has 0 spiro atoms. The summed E-state index contributed by atoms with van der Waals surface area (Å²) in [7, 11) is 1.40. The van der Waals surface area contributed by atoms with Crippen molar-refractivity contribution < 1.29 is 14.3 Å². The molecule has 1 saturated heterocycles. The second kappa shape index (κ2) is 4.07. The number of aromatic nitrogens is 1. The van der Waals surface area contributed by atoms with Gasteiger partial charge in [0.05, 0.1) is 25.8 Å². The molecule has 3 rings (SSSR count). The molecule has 1 aromatic carbocycles. The molecule has 1 fully saturated rings. The number of pyridine rings is 1. The number of hydrogen-bond acceptors (Lipinski definition) is 4. The Morgan fingerprint density at radius 3 is 2.83 bits per heavy atom. The Labute approximate surface area is 105 Å². The summed E-state index contributed by atoms with van der Waals surface area (Å²) in [5, 5.41) is 1.02. The summed E-state index contributed by atoms with van der Waals surface area (Å²) in [6.45, 7) is 0.722. The van der Waals surface area contributed by atoms with Crippen molar-refractivity contribution in [3.05, 3.63) is 42.1 Å². The van der Waals surface area contributed by atoms with Crippen molar-refractivity contribution in [2.24, 2.45) is 0 Å². The van der Waals surface area contributed by atoms with Crippen molar-refractivity contribution in [2.45, 2.75) is 5.41 Å². The quantitative estimate of drug-likeness (QED) is 0.753. The van der Waals surface area contributed by atoms with Crippen LogP contribution in [0.2, 0.25) is 0 Å². The van der Waals surface area contributed by atoms with Gasteiger partial charge in [0.15, 0.2) is 0 Å². The number of carbonyl (C=O) groups excluding carboxylic acids is 1. The van der Waals surface area contributed by atoms with Crippen LogP contribution in [0.3, 0.4) is 0 Å². The molecule has 0 amide bonds. The Kier molecular flexibility index (Phi) is 2.52. The zero-order valence-corrected chi connectivity index (χ0v) is 10.1. The Morgan fingerprint density at radius 2 is 2.17 bits per heavy atom. The predicted octanol–water partition coefficient (Wildman–Crippen LogP) is 1.68. The van der Waals surface area contributed by atoms with Gasteiger partial charge in [-0.2, -0.15) is 0 Å². The van der Waals surface area contributed by atoms with E-state index < -0.39 is 5.41 Å². The molecular weight excluding hydrogens is 230 g/mol. The van der Waals surface area contributed by atoms with Gasteiger partial charge in [-0.3, -0.25) is 9.78 Å². The number of carbonyl (C=O) groups is 1. The highest BCUT2D eigenvalue weighted by Gasteiger charge is 2.49. The van der Waals surface area contributed by atoms with Crippen LogP contribution in [0.1, 0.15) is 5.56 Å². The zero-order chi connectivity index (χ0) is 12.6. The fourth-order valence-electron chi connectivity index (χ4n) is 2.24. The summed E-state index contributed by atoms with van der Waals surface area (Å²) in [6.07, 6.45) is 1.74. The largest absolute Gasteiger partial charge is 0.468 e. The van der Waals surface area contributed by atoms with Crippen molar-refractivity contribution in [3.63, 3.8) is 0 Å². The second-order valence-corrected chi connectivity index (χ2v) is 4.48. The van der Waals surface area contributed by atoms with Gasteiger partial charge in [0.1, 0.15) is 5.41 Å². The van der Waals surface area contributed by atoms with E-state index >= 15 is 0 Å². The van der Waals surface area contributed by atoms with Crippen LogP contribution in [-0.2, 0) is 19.7 Å². The summed E-state index contributed by atoms with van der Waals surface area (Å²) in [5.41, 5.74) is 1.10. The van der Waals surface area contributed by atoms with E-state index in [0.29, 0.717) is 13.2 Å². The molecule has 0 unspecified atom stereocenters. The Hall–Kier alpha value is -1.94. The van der Waals surface area contributed by atoms with E-state index in [-0.39, 0.29) is 5.97 Å². The number of rotatable bonds is 2. The Bertz CT molecular complexity index is 605. The van der Waals surface area contributed by atoms with E-state index in [1.807, 2.05) is 30.3 Å². The molecular formula is C14H13NO3. The molecule has 2 aromatic rings. The molecule has 1 aromatic heterocycles. The molecule has 92 valence electrons. The van der Waals surface area contributed by atoms with Gasteiger partial charge in [0, 0.05) is 11.6 Å². The summed E-state index contributed by atoms with van der Waals surface area (Å²) >= 11 is 0. The molecule has 4 heteroatoms. The van der Waals surface area contributed by atoms with Gasteiger partial charge in [-0.05, 0) is 17.7 Å². The molecule has 0 aliphatic carbocycles. The first-order valence-corrected chi connectivity index (χ1v) is 5.78. The predicted molar refractivity (Wildman–Crippen MR) is 66.3 cm³/mol. The number of para-hydroxylation sites is 1. The van der Waals surface area contributed by atoms with Crippen LogP contribution in [-0.4, -0.2) is 31.3 Å². The molecule has 18 heavy (non-hydrogen) atoms. The standard InChI is InChI=1S/C14H13NO3/c1-17-13(16)14(8-18-9-14)11-6-10-4-2-3-5-12(10)15-7-11/h2-7H,8-9H2,1H3. The van der Waals surface area contributed by atoms with Gasteiger partial charge in [-0.25, -0.2) is 0 Å². The van der Waals surface area contributed by atoms with E-state index in [1.54, 1.807) is 6.20 Å². The van der Waals surface area contributed by atoms with Crippen LogP contribution >= 0.6 is 0 Å². The lowest BCUT2D eigenvalue weighted by Crippen LogP contribution is -2.53. The number of methoxy groups -OCH3 is 1. The van der Waals surface area contributed by atoms with E-state index in [9.17, 15) is 4.79 Å². The smallest absolute Gasteiger partial charge is 0.321 e. The highest BCUT2D eigenvalue weighted by atomic mass is 16.5. The van der Waals surface area contributed by atoms with Gasteiger partial charge in [0.25, 0.3) is 0 Å². The average Bonchev–Trinajstić information content (AvgIpc) is 2.37. The third-order valence-corrected chi connectivity index (χ3v) is 3.42. The first-order valence-electron chi connectivity index (χ1n) is 5.78. The van der Waals surface area contributed by atoms with Crippen molar-refractivity contribution in [3.8, 4) is 0 Å². The number of esters is 1. The number of hydrogen-bond donors (Lipinski definition) is 0. The van der Waals surface area contributed by atoms with Crippen molar-refractivity contribution in [1.29, 1.82) is 0 Å². The molecule has 0 saturated carbocycles. The van der Waals surface area contributed by atoms with Gasteiger partial charge >= 0.3 is 5.97 Å². The third kappa shape index (κ3) is 1.49. The number of benzene rings is 1. The number of ether oxygens (including phenoxy) is 2. The lowest BCUT2D eigenvalue weighted by atomic mass is 9.79. The minimum atomic E-state index is -0.675. The molecule has 0 bridgehead atoms.